The summed E-state index contributed by atoms with van der Waals surface area (Å²) in [5, 5.41) is 14.1. The van der Waals surface area contributed by atoms with Crippen molar-refractivity contribution in [1.82, 2.24) is 20.4 Å². The molecule has 6 heteroatoms. The van der Waals surface area contributed by atoms with Crippen molar-refractivity contribution < 1.29 is 0 Å². The van der Waals surface area contributed by atoms with Crippen molar-refractivity contribution in [3.05, 3.63) is 16.2 Å². The average Bonchev–Trinajstić information content (AvgIpc) is 2.55. The summed E-state index contributed by atoms with van der Waals surface area (Å²) in [4.78, 5) is 0. The fourth-order valence-electron chi connectivity index (χ4n) is 0.720. The molecule has 0 amide bonds. The highest BCUT2D eigenvalue weighted by atomic mass is 32.1. The summed E-state index contributed by atoms with van der Waals surface area (Å²) in [7, 11) is 0. The molecule has 2 heterocycles. The van der Waals surface area contributed by atoms with Gasteiger partial charge in [0.15, 0.2) is 8.96 Å². The third-order valence-electron chi connectivity index (χ3n) is 1.17. The lowest BCUT2D eigenvalue weighted by Crippen LogP contribution is -1.75. The molecule has 0 unspecified atom stereocenters. The molecule has 2 N–H and O–H groups in total. The topological polar surface area (TPSA) is 57.4 Å². The Kier molecular flexibility index (Phi) is 1.55. The summed E-state index contributed by atoms with van der Waals surface area (Å²) in [6.07, 6.45) is 1.68. The van der Waals surface area contributed by atoms with Crippen LogP contribution in [0.1, 0.15) is 0 Å². The second kappa shape index (κ2) is 2.55. The van der Waals surface area contributed by atoms with Gasteiger partial charge < -0.3 is 0 Å². The number of hydrogen-bond donors (Lipinski definition) is 2. The molecular formula is C5H4N4S2. The first kappa shape index (κ1) is 6.68. The van der Waals surface area contributed by atoms with E-state index >= 15 is 0 Å². The molecule has 2 aromatic heterocycles. The molecule has 0 fully saturated rings. The van der Waals surface area contributed by atoms with Crippen molar-refractivity contribution in [1.29, 1.82) is 0 Å². The lowest BCUT2D eigenvalue weighted by Gasteiger charge is -1.82. The van der Waals surface area contributed by atoms with E-state index in [4.69, 9.17) is 12.2 Å². The number of nitrogens with zero attached hydrogens (tertiary/aromatic N) is 2. The van der Waals surface area contributed by atoms with Crippen LogP contribution in [0.4, 0.5) is 0 Å². The Balaban J connectivity index is 2.53. The van der Waals surface area contributed by atoms with E-state index in [1.54, 1.807) is 6.20 Å². The van der Waals surface area contributed by atoms with Crippen LogP contribution in [0.25, 0.3) is 10.7 Å². The number of aromatic nitrogens is 4. The molecule has 0 spiro atoms. The lowest BCUT2D eigenvalue weighted by molar-refractivity contribution is 1.05. The normalized spacial score (nSPS) is 10.2. The van der Waals surface area contributed by atoms with Gasteiger partial charge in [-0.25, -0.2) is 0 Å². The van der Waals surface area contributed by atoms with Crippen LogP contribution in [0.5, 0.6) is 0 Å². The first-order valence-corrected chi connectivity index (χ1v) is 4.14. The average molecular weight is 184 g/mol. The molecule has 0 bridgehead atoms. The molecule has 4 nitrogen and oxygen atoms in total. The van der Waals surface area contributed by atoms with Gasteiger partial charge in [-0.05, 0) is 18.3 Å². The van der Waals surface area contributed by atoms with Gasteiger partial charge in [-0.2, -0.15) is 10.2 Å². The standard InChI is InChI=1S/C5H4N4S2/c10-5-9-8-4(11-5)3-1-2-6-7-3/h1-2H,(H,6,7)(H,9,10). The minimum Gasteiger partial charge on any atom is -0.275 e. The molecule has 2 aromatic rings. The summed E-state index contributed by atoms with van der Waals surface area (Å²) >= 11 is 6.30. The monoisotopic (exact) mass is 184 g/mol. The number of aromatic amines is 2. The van der Waals surface area contributed by atoms with Gasteiger partial charge in [0, 0.05) is 6.20 Å². The molecule has 56 valence electrons. The highest BCUT2D eigenvalue weighted by molar-refractivity contribution is 7.73. The lowest BCUT2D eigenvalue weighted by atomic mass is 10.5. The van der Waals surface area contributed by atoms with E-state index < -0.39 is 0 Å². The summed E-state index contributed by atoms with van der Waals surface area (Å²) < 4.78 is 0.676. The van der Waals surface area contributed by atoms with Crippen molar-refractivity contribution in [2.75, 3.05) is 0 Å². The molecule has 0 aliphatic carbocycles. The van der Waals surface area contributed by atoms with Crippen molar-refractivity contribution in [3.8, 4) is 10.7 Å². The van der Waals surface area contributed by atoms with Gasteiger partial charge in [-0.15, -0.1) is 0 Å². The van der Waals surface area contributed by atoms with Crippen LogP contribution in [-0.2, 0) is 0 Å². The van der Waals surface area contributed by atoms with Crippen LogP contribution in [0.15, 0.2) is 12.3 Å². The first-order valence-electron chi connectivity index (χ1n) is 2.91. The van der Waals surface area contributed by atoms with Gasteiger partial charge in [0.25, 0.3) is 0 Å². The quantitative estimate of drug-likeness (QED) is 0.662. The molecule has 11 heavy (non-hydrogen) atoms. The maximum Gasteiger partial charge on any atom is 0.176 e. The Hall–Kier alpha value is -1.01. The van der Waals surface area contributed by atoms with E-state index in [0.29, 0.717) is 3.95 Å². The van der Waals surface area contributed by atoms with Crippen LogP contribution < -0.4 is 0 Å². The fraction of sp³-hybridized carbons (Fsp3) is 0. The third kappa shape index (κ3) is 1.22. The van der Waals surface area contributed by atoms with E-state index in [0.717, 1.165) is 10.7 Å². The van der Waals surface area contributed by atoms with Gasteiger partial charge in [-0.1, -0.05) is 11.3 Å². The molecule has 0 aliphatic heterocycles. The number of hydrogen-bond acceptors (Lipinski definition) is 4. The summed E-state index contributed by atoms with van der Waals surface area (Å²) in [6.45, 7) is 0. The van der Waals surface area contributed by atoms with Crippen LogP contribution in [0.3, 0.4) is 0 Å². The van der Waals surface area contributed by atoms with E-state index in [1.165, 1.54) is 11.3 Å². The van der Waals surface area contributed by atoms with E-state index in [2.05, 4.69) is 20.4 Å². The van der Waals surface area contributed by atoms with Gasteiger partial charge in [0.1, 0.15) is 0 Å². The van der Waals surface area contributed by atoms with Crippen LogP contribution in [-0.4, -0.2) is 20.4 Å². The highest BCUT2D eigenvalue weighted by Crippen LogP contribution is 2.17. The summed E-state index contributed by atoms with van der Waals surface area (Å²) in [6, 6.07) is 1.85. The minimum atomic E-state index is 0.676. The molecule has 0 atom stereocenters. The van der Waals surface area contributed by atoms with Gasteiger partial charge in [0.05, 0.1) is 5.69 Å². The van der Waals surface area contributed by atoms with E-state index in [9.17, 15) is 0 Å². The molecular weight excluding hydrogens is 180 g/mol. The second-order valence-corrected chi connectivity index (χ2v) is 3.55. The van der Waals surface area contributed by atoms with E-state index in [-0.39, 0.29) is 0 Å². The molecule has 0 aliphatic rings. The van der Waals surface area contributed by atoms with E-state index in [1.807, 2.05) is 6.07 Å². The number of H-pyrrole nitrogens is 2. The Morgan fingerprint density at radius 3 is 2.91 bits per heavy atom. The molecule has 0 aromatic carbocycles. The Labute approximate surface area is 71.3 Å². The maximum atomic E-state index is 4.87. The SMILES string of the molecule is S=c1[nH]nc(-c2ccn[nH]2)s1. The zero-order valence-electron chi connectivity index (χ0n) is 5.37. The molecule has 0 radical (unpaired) electrons. The Morgan fingerprint density at radius 1 is 1.45 bits per heavy atom. The predicted molar refractivity (Wildman–Crippen MR) is 44.9 cm³/mol. The smallest absolute Gasteiger partial charge is 0.176 e. The summed E-state index contributed by atoms with van der Waals surface area (Å²) in [5.74, 6) is 0. The highest BCUT2D eigenvalue weighted by Gasteiger charge is 2.00. The molecule has 0 saturated heterocycles. The van der Waals surface area contributed by atoms with Crippen molar-refractivity contribution >= 4 is 23.6 Å². The van der Waals surface area contributed by atoms with Gasteiger partial charge in [-0.3, -0.25) is 10.2 Å². The fourth-order valence-corrected chi connectivity index (χ4v) is 1.58. The van der Waals surface area contributed by atoms with Gasteiger partial charge in [0.2, 0.25) is 0 Å². The zero-order valence-corrected chi connectivity index (χ0v) is 7.00. The predicted octanol–water partition coefficient (Wildman–Crippen LogP) is 1.59. The van der Waals surface area contributed by atoms with Crippen molar-refractivity contribution in [2.24, 2.45) is 0 Å². The van der Waals surface area contributed by atoms with Crippen LogP contribution in [0.2, 0.25) is 0 Å². The maximum absolute atomic E-state index is 4.87. The Morgan fingerprint density at radius 2 is 2.36 bits per heavy atom. The van der Waals surface area contributed by atoms with Crippen LogP contribution in [0, 0.1) is 3.95 Å². The van der Waals surface area contributed by atoms with Crippen molar-refractivity contribution in [3.63, 3.8) is 0 Å². The van der Waals surface area contributed by atoms with Crippen LogP contribution >= 0.6 is 23.6 Å². The third-order valence-corrected chi connectivity index (χ3v) is 2.29. The van der Waals surface area contributed by atoms with Gasteiger partial charge >= 0.3 is 0 Å². The number of rotatable bonds is 1. The largest absolute Gasteiger partial charge is 0.275 e. The summed E-state index contributed by atoms with van der Waals surface area (Å²) in [5.41, 5.74) is 0.891. The Bertz CT molecular complexity index is 385. The zero-order chi connectivity index (χ0) is 7.68. The molecule has 0 saturated carbocycles. The second-order valence-electron chi connectivity index (χ2n) is 1.89. The van der Waals surface area contributed by atoms with Crippen molar-refractivity contribution in [2.45, 2.75) is 0 Å². The first-order chi connectivity index (χ1) is 5.36. The number of nitrogens with one attached hydrogen (secondary N) is 2. The minimum absolute atomic E-state index is 0.676. The molecule has 2 rings (SSSR count).